The Balaban J connectivity index is 2.65. The normalized spacial score (nSPS) is 10.3. The van der Waals surface area contributed by atoms with Crippen LogP contribution in [0.5, 0.6) is 0 Å². The monoisotopic (exact) mass is 329 g/mol. The standard InChI is InChI=1S/C14H23N3O4S/c1-4-5-6-15-14(19)17(7-8-20-2)9-12-16-11(10-22-12)13(18)21-3/h10H,4-9H2,1-3H3,(H,15,19). The van der Waals surface area contributed by atoms with Gasteiger partial charge >= 0.3 is 12.0 Å². The lowest BCUT2D eigenvalue weighted by Gasteiger charge is -2.21. The maximum Gasteiger partial charge on any atom is 0.357 e. The van der Waals surface area contributed by atoms with Crippen molar-refractivity contribution in [3.63, 3.8) is 0 Å². The Morgan fingerprint density at radius 3 is 2.82 bits per heavy atom. The summed E-state index contributed by atoms with van der Waals surface area (Å²) in [6.07, 6.45) is 1.96. The van der Waals surface area contributed by atoms with Gasteiger partial charge in [0.2, 0.25) is 0 Å². The molecule has 0 spiro atoms. The molecule has 0 unspecified atom stereocenters. The average Bonchev–Trinajstić information content (AvgIpc) is 2.99. The molecule has 1 aromatic heterocycles. The molecule has 1 N–H and O–H groups in total. The third-order valence-electron chi connectivity index (χ3n) is 2.93. The van der Waals surface area contributed by atoms with Crippen LogP contribution < -0.4 is 5.32 Å². The highest BCUT2D eigenvalue weighted by molar-refractivity contribution is 7.09. The summed E-state index contributed by atoms with van der Waals surface area (Å²) in [7, 11) is 2.90. The molecule has 1 aromatic rings. The molecule has 1 rings (SSSR count). The lowest BCUT2D eigenvalue weighted by atomic mass is 10.3. The van der Waals surface area contributed by atoms with Gasteiger partial charge in [0.1, 0.15) is 5.01 Å². The first kappa shape index (κ1) is 18.4. The third kappa shape index (κ3) is 5.98. The van der Waals surface area contributed by atoms with E-state index in [0.29, 0.717) is 31.2 Å². The minimum Gasteiger partial charge on any atom is -0.464 e. The van der Waals surface area contributed by atoms with Gasteiger partial charge in [0.05, 0.1) is 20.3 Å². The van der Waals surface area contributed by atoms with Crippen molar-refractivity contribution >= 4 is 23.3 Å². The number of unbranched alkanes of at least 4 members (excludes halogenated alkanes) is 1. The fraction of sp³-hybridized carbons (Fsp3) is 0.643. The zero-order valence-electron chi connectivity index (χ0n) is 13.3. The Morgan fingerprint density at radius 1 is 1.41 bits per heavy atom. The van der Waals surface area contributed by atoms with Crippen LogP contribution in [0.25, 0.3) is 0 Å². The Labute approximate surface area is 134 Å². The number of nitrogens with one attached hydrogen (secondary N) is 1. The zero-order valence-corrected chi connectivity index (χ0v) is 14.1. The average molecular weight is 329 g/mol. The molecule has 0 aliphatic carbocycles. The van der Waals surface area contributed by atoms with Crippen molar-refractivity contribution in [1.82, 2.24) is 15.2 Å². The highest BCUT2D eigenvalue weighted by atomic mass is 32.1. The van der Waals surface area contributed by atoms with E-state index in [1.165, 1.54) is 18.4 Å². The lowest BCUT2D eigenvalue weighted by Crippen LogP contribution is -2.41. The fourth-order valence-corrected chi connectivity index (χ4v) is 2.46. The Bertz CT molecular complexity index is 478. The highest BCUT2D eigenvalue weighted by Crippen LogP contribution is 2.13. The molecule has 0 bridgehead atoms. The molecule has 7 nitrogen and oxygen atoms in total. The summed E-state index contributed by atoms with van der Waals surface area (Å²) >= 11 is 1.33. The second-order valence-corrected chi connectivity index (χ2v) is 5.56. The van der Waals surface area contributed by atoms with Gasteiger partial charge in [0, 0.05) is 25.6 Å². The first-order chi connectivity index (χ1) is 10.6. The van der Waals surface area contributed by atoms with Gasteiger partial charge in [-0.2, -0.15) is 0 Å². The lowest BCUT2D eigenvalue weighted by molar-refractivity contribution is 0.0594. The largest absolute Gasteiger partial charge is 0.464 e. The zero-order chi connectivity index (χ0) is 16.4. The SMILES string of the molecule is CCCCNC(=O)N(CCOC)Cc1nc(C(=O)OC)cs1. The number of hydrogen-bond donors (Lipinski definition) is 1. The van der Waals surface area contributed by atoms with Crippen LogP contribution in [0.3, 0.4) is 0 Å². The van der Waals surface area contributed by atoms with Crippen molar-refractivity contribution in [2.45, 2.75) is 26.3 Å². The molecule has 0 radical (unpaired) electrons. The summed E-state index contributed by atoms with van der Waals surface area (Å²) in [5.41, 5.74) is 0.264. The van der Waals surface area contributed by atoms with E-state index >= 15 is 0 Å². The van der Waals surface area contributed by atoms with Gasteiger partial charge in [-0.05, 0) is 6.42 Å². The van der Waals surface area contributed by atoms with Crippen LogP contribution >= 0.6 is 11.3 Å². The molecule has 0 atom stereocenters. The Hall–Kier alpha value is -1.67. The minimum absolute atomic E-state index is 0.152. The number of methoxy groups -OCH3 is 2. The second kappa shape index (κ2) is 10.1. The van der Waals surface area contributed by atoms with Crippen molar-refractivity contribution < 1.29 is 19.1 Å². The molecule has 0 saturated carbocycles. The molecule has 0 aromatic carbocycles. The molecule has 22 heavy (non-hydrogen) atoms. The fourth-order valence-electron chi connectivity index (χ4n) is 1.68. The molecule has 2 amide bonds. The molecular formula is C14H23N3O4S. The predicted molar refractivity (Wildman–Crippen MR) is 84.0 cm³/mol. The number of ether oxygens (including phenoxy) is 2. The van der Waals surface area contributed by atoms with E-state index in [9.17, 15) is 9.59 Å². The number of aromatic nitrogens is 1. The summed E-state index contributed by atoms with van der Waals surface area (Å²) in [4.78, 5) is 29.4. The molecule has 0 fully saturated rings. The summed E-state index contributed by atoms with van der Waals surface area (Å²) in [6, 6.07) is -0.152. The first-order valence-corrected chi connectivity index (χ1v) is 8.04. The van der Waals surface area contributed by atoms with Gasteiger partial charge in [-0.3, -0.25) is 0 Å². The van der Waals surface area contributed by atoms with Crippen LogP contribution in [0.2, 0.25) is 0 Å². The van der Waals surface area contributed by atoms with Gasteiger partial charge in [-0.25, -0.2) is 14.6 Å². The van der Waals surface area contributed by atoms with Crippen LogP contribution in [0.1, 0.15) is 35.3 Å². The van der Waals surface area contributed by atoms with Gasteiger partial charge in [-0.15, -0.1) is 11.3 Å². The van der Waals surface area contributed by atoms with E-state index in [-0.39, 0.29) is 11.7 Å². The number of hydrogen-bond acceptors (Lipinski definition) is 6. The Kier molecular flexibility index (Phi) is 8.46. The van der Waals surface area contributed by atoms with E-state index in [1.807, 2.05) is 0 Å². The van der Waals surface area contributed by atoms with Crippen molar-refractivity contribution in [2.24, 2.45) is 0 Å². The van der Waals surface area contributed by atoms with E-state index in [1.54, 1.807) is 17.4 Å². The van der Waals surface area contributed by atoms with Crippen molar-refractivity contribution in [2.75, 3.05) is 33.9 Å². The topological polar surface area (TPSA) is 80.8 Å². The molecule has 124 valence electrons. The number of amides is 2. The van der Waals surface area contributed by atoms with Gasteiger partial charge < -0.3 is 19.7 Å². The summed E-state index contributed by atoms with van der Waals surface area (Å²) in [5.74, 6) is -0.474. The van der Waals surface area contributed by atoms with Gasteiger partial charge in [0.15, 0.2) is 5.69 Å². The third-order valence-corrected chi connectivity index (χ3v) is 3.77. The number of carbonyl (C=O) groups is 2. The summed E-state index contributed by atoms with van der Waals surface area (Å²) < 4.78 is 9.66. The number of nitrogens with zero attached hydrogens (tertiary/aromatic N) is 2. The molecule has 0 aliphatic rings. The van der Waals surface area contributed by atoms with Gasteiger partial charge in [-0.1, -0.05) is 13.3 Å². The number of urea groups is 1. The number of carbonyl (C=O) groups excluding carboxylic acids is 2. The first-order valence-electron chi connectivity index (χ1n) is 7.16. The maximum absolute atomic E-state index is 12.2. The van der Waals surface area contributed by atoms with E-state index in [4.69, 9.17) is 4.74 Å². The molecule has 1 heterocycles. The molecular weight excluding hydrogens is 306 g/mol. The molecule has 8 heteroatoms. The van der Waals surface area contributed by atoms with E-state index in [0.717, 1.165) is 12.8 Å². The van der Waals surface area contributed by atoms with E-state index < -0.39 is 5.97 Å². The summed E-state index contributed by atoms with van der Waals surface area (Å²) in [6.45, 7) is 3.95. The van der Waals surface area contributed by atoms with Crippen LogP contribution in [-0.2, 0) is 16.0 Å². The van der Waals surface area contributed by atoms with Crippen LogP contribution in [0.15, 0.2) is 5.38 Å². The van der Waals surface area contributed by atoms with E-state index in [2.05, 4.69) is 22.0 Å². The molecule has 0 aliphatic heterocycles. The van der Waals surface area contributed by atoms with Crippen LogP contribution in [0.4, 0.5) is 4.79 Å². The van der Waals surface area contributed by atoms with Crippen molar-refractivity contribution in [3.8, 4) is 0 Å². The number of thiazole rings is 1. The number of rotatable bonds is 9. The second-order valence-electron chi connectivity index (χ2n) is 4.62. The number of esters is 1. The molecule has 0 saturated heterocycles. The van der Waals surface area contributed by atoms with Crippen molar-refractivity contribution in [1.29, 1.82) is 0 Å². The highest BCUT2D eigenvalue weighted by Gasteiger charge is 2.17. The quantitative estimate of drug-likeness (QED) is 0.553. The smallest absolute Gasteiger partial charge is 0.357 e. The van der Waals surface area contributed by atoms with Crippen LogP contribution in [-0.4, -0.2) is 55.8 Å². The maximum atomic E-state index is 12.2. The van der Waals surface area contributed by atoms with Gasteiger partial charge in [0.25, 0.3) is 0 Å². The Morgan fingerprint density at radius 2 is 2.18 bits per heavy atom. The minimum atomic E-state index is -0.474. The predicted octanol–water partition coefficient (Wildman–Crippen LogP) is 1.89. The van der Waals surface area contributed by atoms with Crippen molar-refractivity contribution in [3.05, 3.63) is 16.1 Å². The summed E-state index contributed by atoms with van der Waals surface area (Å²) in [5, 5.41) is 5.18. The van der Waals surface area contributed by atoms with Crippen LogP contribution in [0, 0.1) is 0 Å².